The predicted octanol–water partition coefficient (Wildman–Crippen LogP) is 4.43. The van der Waals surface area contributed by atoms with E-state index in [1.54, 1.807) is 29.5 Å². The van der Waals surface area contributed by atoms with E-state index in [0.29, 0.717) is 17.9 Å². The van der Waals surface area contributed by atoms with Crippen molar-refractivity contribution in [2.45, 2.75) is 46.1 Å². The number of hydrogen-bond acceptors (Lipinski definition) is 3. The largest absolute Gasteiger partial charge is 0.347 e. The molecule has 0 radical (unpaired) electrons. The van der Waals surface area contributed by atoms with E-state index in [9.17, 15) is 9.18 Å². The second-order valence-electron chi connectivity index (χ2n) is 6.17. The molecule has 1 N–H and O–H groups in total. The van der Waals surface area contributed by atoms with Crippen LogP contribution in [0, 0.1) is 18.7 Å². The van der Waals surface area contributed by atoms with Crippen molar-refractivity contribution in [3.8, 4) is 0 Å². The van der Waals surface area contributed by atoms with E-state index in [1.165, 1.54) is 6.07 Å². The Labute approximate surface area is 141 Å². The van der Waals surface area contributed by atoms with Crippen molar-refractivity contribution in [2.75, 3.05) is 0 Å². The van der Waals surface area contributed by atoms with Crippen LogP contribution in [0.25, 0.3) is 0 Å². The SMILES string of the molecule is Cc1csc(C(CC(C)C)NC(=O)CCc2ccccc2F)n1. The van der Waals surface area contributed by atoms with E-state index < -0.39 is 0 Å². The van der Waals surface area contributed by atoms with Crippen LogP contribution in [0.2, 0.25) is 0 Å². The summed E-state index contributed by atoms with van der Waals surface area (Å²) in [4.78, 5) is 16.7. The third-order valence-electron chi connectivity index (χ3n) is 3.56. The van der Waals surface area contributed by atoms with Crippen LogP contribution in [0.5, 0.6) is 0 Å². The van der Waals surface area contributed by atoms with Crippen molar-refractivity contribution in [1.82, 2.24) is 10.3 Å². The second kappa shape index (κ2) is 8.20. The maximum atomic E-state index is 13.6. The van der Waals surface area contributed by atoms with Gasteiger partial charge in [0.25, 0.3) is 0 Å². The van der Waals surface area contributed by atoms with E-state index in [4.69, 9.17) is 0 Å². The maximum absolute atomic E-state index is 13.6. The Hall–Kier alpha value is -1.75. The predicted molar refractivity (Wildman–Crippen MR) is 91.9 cm³/mol. The highest BCUT2D eigenvalue weighted by molar-refractivity contribution is 7.09. The third-order valence-corrected chi connectivity index (χ3v) is 4.63. The van der Waals surface area contributed by atoms with Crippen LogP contribution in [-0.2, 0) is 11.2 Å². The van der Waals surface area contributed by atoms with E-state index in [-0.39, 0.29) is 24.2 Å². The van der Waals surface area contributed by atoms with Crippen molar-refractivity contribution >= 4 is 17.2 Å². The van der Waals surface area contributed by atoms with E-state index in [0.717, 1.165) is 17.1 Å². The molecule has 0 aliphatic heterocycles. The van der Waals surface area contributed by atoms with E-state index >= 15 is 0 Å². The van der Waals surface area contributed by atoms with Gasteiger partial charge in [0.15, 0.2) is 0 Å². The molecule has 2 aromatic rings. The van der Waals surface area contributed by atoms with Crippen LogP contribution in [-0.4, -0.2) is 10.9 Å². The summed E-state index contributed by atoms with van der Waals surface area (Å²) in [5.41, 5.74) is 1.55. The van der Waals surface area contributed by atoms with Gasteiger partial charge < -0.3 is 5.32 Å². The summed E-state index contributed by atoms with van der Waals surface area (Å²) in [7, 11) is 0. The number of carbonyl (C=O) groups excluding carboxylic acids is 1. The molecule has 1 aromatic carbocycles. The number of hydrogen-bond donors (Lipinski definition) is 1. The molecule has 1 atom stereocenters. The molecule has 3 nitrogen and oxygen atoms in total. The fraction of sp³-hybridized carbons (Fsp3) is 0.444. The minimum Gasteiger partial charge on any atom is -0.347 e. The number of halogens is 1. The van der Waals surface area contributed by atoms with Crippen LogP contribution in [0.3, 0.4) is 0 Å². The minimum atomic E-state index is -0.255. The molecule has 0 spiro atoms. The number of nitrogens with zero attached hydrogens (tertiary/aromatic N) is 1. The monoisotopic (exact) mass is 334 g/mol. The molecule has 0 saturated heterocycles. The number of aromatic nitrogens is 1. The van der Waals surface area contributed by atoms with Gasteiger partial charge in [-0.25, -0.2) is 9.37 Å². The highest BCUT2D eigenvalue weighted by Crippen LogP contribution is 2.24. The molecule has 0 bridgehead atoms. The molecule has 1 aromatic heterocycles. The lowest BCUT2D eigenvalue weighted by Crippen LogP contribution is -2.29. The molecule has 124 valence electrons. The summed E-state index contributed by atoms with van der Waals surface area (Å²) in [5, 5.41) is 5.99. The molecule has 0 aliphatic rings. The summed E-state index contributed by atoms with van der Waals surface area (Å²) < 4.78 is 13.6. The highest BCUT2D eigenvalue weighted by Gasteiger charge is 2.19. The zero-order chi connectivity index (χ0) is 16.8. The number of amides is 1. The molecule has 1 amide bonds. The standard InChI is InChI=1S/C18H23FN2OS/c1-12(2)10-16(18-20-13(3)11-23-18)21-17(22)9-8-14-6-4-5-7-15(14)19/h4-7,11-12,16H,8-10H2,1-3H3,(H,21,22). The Morgan fingerprint density at radius 1 is 1.35 bits per heavy atom. The van der Waals surface area contributed by atoms with Crippen LogP contribution in [0.1, 0.15) is 49.0 Å². The smallest absolute Gasteiger partial charge is 0.220 e. The van der Waals surface area contributed by atoms with Gasteiger partial charge in [0.05, 0.1) is 6.04 Å². The minimum absolute atomic E-state index is 0.0632. The highest BCUT2D eigenvalue weighted by atomic mass is 32.1. The Bertz CT molecular complexity index is 654. The molecule has 0 fully saturated rings. The maximum Gasteiger partial charge on any atom is 0.220 e. The number of nitrogens with one attached hydrogen (secondary N) is 1. The first-order valence-electron chi connectivity index (χ1n) is 7.90. The van der Waals surface area contributed by atoms with Gasteiger partial charge in [-0.15, -0.1) is 11.3 Å². The molecular weight excluding hydrogens is 311 g/mol. The summed E-state index contributed by atoms with van der Waals surface area (Å²) in [6.45, 7) is 6.20. The lowest BCUT2D eigenvalue weighted by Gasteiger charge is -2.18. The fourth-order valence-corrected chi connectivity index (χ4v) is 3.30. The van der Waals surface area contributed by atoms with Crippen molar-refractivity contribution < 1.29 is 9.18 Å². The molecule has 23 heavy (non-hydrogen) atoms. The molecule has 1 heterocycles. The van der Waals surface area contributed by atoms with Crippen LogP contribution < -0.4 is 5.32 Å². The molecule has 2 rings (SSSR count). The Kier molecular flexibility index (Phi) is 6.28. The zero-order valence-corrected chi connectivity index (χ0v) is 14.6. The van der Waals surface area contributed by atoms with Crippen molar-refractivity contribution in [1.29, 1.82) is 0 Å². The van der Waals surface area contributed by atoms with Gasteiger partial charge in [-0.2, -0.15) is 0 Å². The van der Waals surface area contributed by atoms with Gasteiger partial charge in [-0.05, 0) is 37.3 Å². The average molecular weight is 334 g/mol. The van der Waals surface area contributed by atoms with Gasteiger partial charge >= 0.3 is 0 Å². The fourth-order valence-electron chi connectivity index (χ4n) is 2.44. The van der Waals surface area contributed by atoms with E-state index in [1.807, 2.05) is 12.3 Å². The van der Waals surface area contributed by atoms with Gasteiger partial charge in [-0.3, -0.25) is 4.79 Å². The van der Waals surface area contributed by atoms with E-state index in [2.05, 4.69) is 24.1 Å². The van der Waals surface area contributed by atoms with Crippen molar-refractivity contribution in [3.63, 3.8) is 0 Å². The van der Waals surface area contributed by atoms with Crippen LogP contribution in [0.15, 0.2) is 29.6 Å². The Morgan fingerprint density at radius 2 is 2.09 bits per heavy atom. The van der Waals surface area contributed by atoms with Crippen molar-refractivity contribution in [3.05, 3.63) is 51.7 Å². The normalized spacial score (nSPS) is 12.4. The van der Waals surface area contributed by atoms with Gasteiger partial charge in [0.1, 0.15) is 10.8 Å². The summed E-state index contributed by atoms with van der Waals surface area (Å²) in [6.07, 6.45) is 1.53. The van der Waals surface area contributed by atoms with Gasteiger partial charge in [-0.1, -0.05) is 32.0 Å². The van der Waals surface area contributed by atoms with Crippen molar-refractivity contribution in [2.24, 2.45) is 5.92 Å². The molecule has 5 heteroatoms. The average Bonchev–Trinajstić information content (AvgIpc) is 2.92. The lowest BCUT2D eigenvalue weighted by atomic mass is 10.0. The lowest BCUT2D eigenvalue weighted by molar-refractivity contribution is -0.121. The van der Waals surface area contributed by atoms with Crippen LogP contribution in [0.4, 0.5) is 4.39 Å². The quantitative estimate of drug-likeness (QED) is 0.814. The van der Waals surface area contributed by atoms with Gasteiger partial charge in [0, 0.05) is 17.5 Å². The second-order valence-corrected chi connectivity index (χ2v) is 7.06. The first kappa shape index (κ1) is 17.6. The molecule has 0 aliphatic carbocycles. The number of thiazole rings is 1. The number of aryl methyl sites for hydroxylation is 2. The topological polar surface area (TPSA) is 42.0 Å². The summed E-state index contributed by atoms with van der Waals surface area (Å²) >= 11 is 1.57. The summed E-state index contributed by atoms with van der Waals surface area (Å²) in [6, 6.07) is 6.52. The Morgan fingerprint density at radius 3 is 2.70 bits per heavy atom. The first-order valence-corrected chi connectivity index (χ1v) is 8.78. The zero-order valence-electron chi connectivity index (χ0n) is 13.8. The summed E-state index contributed by atoms with van der Waals surface area (Å²) in [5.74, 6) is 0.136. The van der Waals surface area contributed by atoms with Gasteiger partial charge in [0.2, 0.25) is 5.91 Å². The molecule has 1 unspecified atom stereocenters. The third kappa shape index (κ3) is 5.43. The molecule has 0 saturated carbocycles. The molecular formula is C18H23FN2OS. The first-order chi connectivity index (χ1) is 11.0. The number of carbonyl (C=O) groups is 1. The number of rotatable bonds is 7. The van der Waals surface area contributed by atoms with Crippen LogP contribution >= 0.6 is 11.3 Å². The number of benzene rings is 1. The Balaban J connectivity index is 1.96.